The highest BCUT2D eigenvalue weighted by atomic mass is 19.4. The van der Waals surface area contributed by atoms with Crippen molar-refractivity contribution in [3.8, 4) is 5.75 Å². The number of allylic oxidation sites excluding steroid dienone is 1. The van der Waals surface area contributed by atoms with Crippen molar-refractivity contribution in [3.05, 3.63) is 42.0 Å². The van der Waals surface area contributed by atoms with E-state index in [1.165, 1.54) is 37.3 Å². The Labute approximate surface area is 114 Å². The van der Waals surface area contributed by atoms with E-state index in [0.29, 0.717) is 0 Å². The van der Waals surface area contributed by atoms with E-state index < -0.39 is 24.2 Å². The van der Waals surface area contributed by atoms with Crippen molar-refractivity contribution >= 4 is 5.97 Å². The van der Waals surface area contributed by atoms with Crippen molar-refractivity contribution in [2.24, 2.45) is 0 Å². The highest BCUT2D eigenvalue weighted by Gasteiger charge is 2.63. The summed E-state index contributed by atoms with van der Waals surface area (Å²) in [5.41, 5.74) is -3.01. The van der Waals surface area contributed by atoms with Crippen molar-refractivity contribution in [1.29, 1.82) is 0 Å². The maximum atomic E-state index is 13.3. The minimum atomic E-state index is -5.04. The minimum absolute atomic E-state index is 0.142. The molecular formula is C14H15F3O3. The van der Waals surface area contributed by atoms with Gasteiger partial charge in [-0.3, -0.25) is 0 Å². The third kappa shape index (κ3) is 3.31. The second-order valence-electron chi connectivity index (χ2n) is 4.36. The van der Waals surface area contributed by atoms with Crippen LogP contribution in [-0.4, -0.2) is 22.9 Å². The molecule has 1 atom stereocenters. The van der Waals surface area contributed by atoms with Gasteiger partial charge in [0.15, 0.2) is 0 Å². The van der Waals surface area contributed by atoms with Gasteiger partial charge in [0.05, 0.1) is 0 Å². The van der Waals surface area contributed by atoms with Crippen molar-refractivity contribution in [1.82, 2.24) is 0 Å². The number of halogens is 3. The van der Waals surface area contributed by atoms with Crippen molar-refractivity contribution in [2.45, 2.75) is 32.0 Å². The van der Waals surface area contributed by atoms with Gasteiger partial charge in [-0.1, -0.05) is 29.8 Å². The summed E-state index contributed by atoms with van der Waals surface area (Å²) in [6, 6.07) is 7.12. The van der Waals surface area contributed by atoms with Gasteiger partial charge in [0.2, 0.25) is 0 Å². The summed E-state index contributed by atoms with van der Waals surface area (Å²) in [6.07, 6.45) is -4.38. The third-order valence-corrected chi connectivity index (χ3v) is 2.86. The number of benzene rings is 1. The molecule has 1 N–H and O–H groups in total. The second-order valence-corrected chi connectivity index (χ2v) is 4.36. The van der Waals surface area contributed by atoms with E-state index in [-0.39, 0.29) is 11.3 Å². The molecule has 0 fully saturated rings. The number of alkyl halides is 3. The van der Waals surface area contributed by atoms with E-state index in [9.17, 15) is 18.0 Å². The van der Waals surface area contributed by atoms with E-state index >= 15 is 0 Å². The first-order valence-corrected chi connectivity index (χ1v) is 5.89. The average molecular weight is 288 g/mol. The van der Waals surface area contributed by atoms with Crippen LogP contribution < -0.4 is 4.74 Å². The van der Waals surface area contributed by atoms with E-state index in [0.717, 1.165) is 0 Å². The van der Waals surface area contributed by atoms with Crippen molar-refractivity contribution in [3.63, 3.8) is 0 Å². The quantitative estimate of drug-likeness (QED) is 0.838. The molecule has 0 radical (unpaired) electrons. The first kappa shape index (κ1) is 16.1. The molecule has 0 saturated heterocycles. The Morgan fingerprint density at radius 1 is 1.30 bits per heavy atom. The van der Waals surface area contributed by atoms with E-state index in [1.807, 2.05) is 0 Å². The molecule has 1 rings (SSSR count). The van der Waals surface area contributed by atoms with Crippen LogP contribution >= 0.6 is 0 Å². The summed E-state index contributed by atoms with van der Waals surface area (Å²) in [6.45, 7) is 2.97. The lowest BCUT2D eigenvalue weighted by atomic mass is 9.93. The van der Waals surface area contributed by atoms with Crippen LogP contribution in [0.1, 0.15) is 20.3 Å². The standard InChI is InChI=1S/C14H15F3O3/c1-3-10(2)9-13(12(18)19,14(15,16)17)20-11-7-5-4-6-8-11/h3-8H,9H2,1-2H3,(H,18,19). The van der Waals surface area contributed by atoms with Crippen molar-refractivity contribution in [2.75, 3.05) is 0 Å². The highest BCUT2D eigenvalue weighted by Crippen LogP contribution is 2.39. The fraction of sp³-hybridized carbons (Fsp3) is 0.357. The Hall–Kier alpha value is -1.98. The SMILES string of the molecule is CC=C(C)CC(Oc1ccccc1)(C(=O)O)C(F)(F)F. The zero-order valence-electron chi connectivity index (χ0n) is 11.1. The van der Waals surface area contributed by atoms with Gasteiger partial charge in [-0.05, 0) is 26.0 Å². The van der Waals surface area contributed by atoms with Crippen LogP contribution in [0.4, 0.5) is 13.2 Å². The van der Waals surface area contributed by atoms with Gasteiger partial charge in [-0.25, -0.2) is 4.79 Å². The number of para-hydroxylation sites is 1. The largest absolute Gasteiger partial charge is 0.478 e. The van der Waals surface area contributed by atoms with Crippen LogP contribution in [-0.2, 0) is 4.79 Å². The normalized spacial score (nSPS) is 15.6. The van der Waals surface area contributed by atoms with Gasteiger partial charge in [-0.15, -0.1) is 0 Å². The first-order chi connectivity index (χ1) is 9.23. The Balaban J connectivity index is 3.27. The zero-order chi connectivity index (χ0) is 15.4. The fourth-order valence-corrected chi connectivity index (χ4v) is 1.62. The molecule has 0 spiro atoms. The molecule has 0 aliphatic heterocycles. The maximum Gasteiger partial charge on any atom is 0.439 e. The molecule has 110 valence electrons. The fourth-order valence-electron chi connectivity index (χ4n) is 1.62. The monoisotopic (exact) mass is 288 g/mol. The second kappa shape index (κ2) is 5.98. The molecular weight excluding hydrogens is 273 g/mol. The Kier molecular flexibility index (Phi) is 4.81. The molecule has 6 heteroatoms. The predicted molar refractivity (Wildman–Crippen MR) is 67.5 cm³/mol. The number of carbonyl (C=O) groups is 1. The summed E-state index contributed by atoms with van der Waals surface area (Å²) in [5.74, 6) is -2.20. The van der Waals surface area contributed by atoms with Crippen LogP contribution in [0, 0.1) is 0 Å². The summed E-state index contributed by atoms with van der Waals surface area (Å²) in [7, 11) is 0. The van der Waals surface area contributed by atoms with Gasteiger partial charge >= 0.3 is 17.7 Å². The molecule has 1 aromatic carbocycles. The number of rotatable bonds is 5. The van der Waals surface area contributed by atoms with Gasteiger partial charge in [-0.2, -0.15) is 13.2 Å². The molecule has 3 nitrogen and oxygen atoms in total. The summed E-state index contributed by atoms with van der Waals surface area (Å²) in [5, 5.41) is 9.09. The number of hydrogen-bond acceptors (Lipinski definition) is 2. The number of hydrogen-bond donors (Lipinski definition) is 1. The van der Waals surface area contributed by atoms with Crippen LogP contribution in [0.3, 0.4) is 0 Å². The number of ether oxygens (including phenoxy) is 1. The molecule has 0 amide bonds. The van der Waals surface area contributed by atoms with E-state index in [2.05, 4.69) is 0 Å². The van der Waals surface area contributed by atoms with Crippen molar-refractivity contribution < 1.29 is 27.8 Å². The molecule has 0 saturated carbocycles. The predicted octanol–water partition coefficient (Wildman–Crippen LogP) is 3.81. The van der Waals surface area contributed by atoms with Crippen LogP contribution in [0.25, 0.3) is 0 Å². The maximum absolute atomic E-state index is 13.3. The van der Waals surface area contributed by atoms with Gasteiger partial charge in [0.25, 0.3) is 0 Å². The molecule has 0 bridgehead atoms. The lowest BCUT2D eigenvalue weighted by Gasteiger charge is -2.32. The first-order valence-electron chi connectivity index (χ1n) is 5.89. The summed E-state index contributed by atoms with van der Waals surface area (Å²) in [4.78, 5) is 11.3. The third-order valence-electron chi connectivity index (χ3n) is 2.86. The molecule has 1 unspecified atom stereocenters. The number of aliphatic carboxylic acids is 1. The Morgan fingerprint density at radius 2 is 1.85 bits per heavy atom. The Bertz CT molecular complexity index is 494. The van der Waals surface area contributed by atoms with Crippen LogP contribution in [0.15, 0.2) is 42.0 Å². The Morgan fingerprint density at radius 3 is 2.25 bits per heavy atom. The number of carboxylic acid groups (broad SMARTS) is 1. The molecule has 20 heavy (non-hydrogen) atoms. The molecule has 0 aliphatic rings. The smallest absolute Gasteiger partial charge is 0.439 e. The number of carboxylic acids is 1. The van der Waals surface area contributed by atoms with Crippen LogP contribution in [0.5, 0.6) is 5.75 Å². The molecule has 0 aromatic heterocycles. The van der Waals surface area contributed by atoms with Gasteiger partial charge in [0, 0.05) is 6.42 Å². The molecule has 0 aliphatic carbocycles. The lowest BCUT2D eigenvalue weighted by molar-refractivity contribution is -0.250. The highest BCUT2D eigenvalue weighted by molar-refractivity contribution is 5.79. The lowest BCUT2D eigenvalue weighted by Crippen LogP contribution is -2.56. The summed E-state index contributed by atoms with van der Waals surface area (Å²) < 4.78 is 44.7. The average Bonchev–Trinajstić information content (AvgIpc) is 2.37. The molecule has 0 heterocycles. The van der Waals surface area contributed by atoms with E-state index in [4.69, 9.17) is 9.84 Å². The van der Waals surface area contributed by atoms with Crippen LogP contribution in [0.2, 0.25) is 0 Å². The van der Waals surface area contributed by atoms with E-state index in [1.54, 1.807) is 13.0 Å². The zero-order valence-corrected chi connectivity index (χ0v) is 11.1. The molecule has 1 aromatic rings. The van der Waals surface area contributed by atoms with Gasteiger partial charge in [0.1, 0.15) is 5.75 Å². The topological polar surface area (TPSA) is 46.5 Å². The summed E-state index contributed by atoms with van der Waals surface area (Å²) >= 11 is 0. The van der Waals surface area contributed by atoms with Gasteiger partial charge < -0.3 is 9.84 Å². The minimum Gasteiger partial charge on any atom is -0.478 e.